The molecule has 0 aliphatic carbocycles. The van der Waals surface area contributed by atoms with Gasteiger partial charge in [0.25, 0.3) is 0 Å². The lowest BCUT2D eigenvalue weighted by atomic mass is 10.0. The van der Waals surface area contributed by atoms with E-state index in [9.17, 15) is 5.11 Å². The van der Waals surface area contributed by atoms with Crippen LogP contribution in [-0.2, 0) is 0 Å². The zero-order valence-electron chi connectivity index (χ0n) is 9.37. The predicted octanol–water partition coefficient (Wildman–Crippen LogP) is 2.45. The summed E-state index contributed by atoms with van der Waals surface area (Å²) >= 11 is 0. The summed E-state index contributed by atoms with van der Waals surface area (Å²) in [5.74, 6) is 6.35. The third-order valence-electron chi connectivity index (χ3n) is 2.22. The molecular weight excluding hydrogens is 188 g/mol. The lowest BCUT2D eigenvalue weighted by Crippen LogP contribution is -2.00. The largest absolute Gasteiger partial charge is 0.496 e. The van der Waals surface area contributed by atoms with Gasteiger partial charge in [0.05, 0.1) is 13.2 Å². The lowest BCUT2D eigenvalue weighted by molar-refractivity contribution is 0.179. The van der Waals surface area contributed by atoms with E-state index >= 15 is 0 Å². The van der Waals surface area contributed by atoms with Crippen molar-refractivity contribution in [3.8, 4) is 17.6 Å². The molecule has 0 amide bonds. The Bertz CT molecular complexity index is 385. The van der Waals surface area contributed by atoms with Crippen LogP contribution in [0.1, 0.15) is 30.6 Å². The molecule has 0 spiro atoms. The first-order chi connectivity index (χ1) is 7.19. The van der Waals surface area contributed by atoms with Crippen molar-refractivity contribution in [3.05, 3.63) is 29.3 Å². The van der Waals surface area contributed by atoms with E-state index in [1.54, 1.807) is 14.0 Å². The average molecular weight is 204 g/mol. The summed E-state index contributed by atoms with van der Waals surface area (Å²) in [6, 6.07) is 5.76. The second kappa shape index (κ2) is 5.43. The fraction of sp³-hybridized carbons (Fsp3) is 0.385. The van der Waals surface area contributed by atoms with E-state index in [2.05, 4.69) is 11.8 Å². The van der Waals surface area contributed by atoms with E-state index in [1.165, 1.54) is 0 Å². The van der Waals surface area contributed by atoms with E-state index in [-0.39, 0.29) is 0 Å². The van der Waals surface area contributed by atoms with Gasteiger partial charge in [-0.25, -0.2) is 0 Å². The monoisotopic (exact) mass is 204 g/mol. The summed E-state index contributed by atoms with van der Waals surface area (Å²) in [6.07, 6.45) is -0.136. The average Bonchev–Trinajstić information content (AvgIpc) is 2.25. The number of hydrogen-bond donors (Lipinski definition) is 1. The first-order valence-corrected chi connectivity index (χ1v) is 4.91. The number of rotatable bonds is 3. The van der Waals surface area contributed by atoms with E-state index < -0.39 is 6.10 Å². The zero-order chi connectivity index (χ0) is 11.3. The molecule has 0 aliphatic rings. The minimum atomic E-state index is -0.576. The number of aryl methyl sites for hydroxylation is 1. The maximum atomic E-state index is 9.87. The van der Waals surface area contributed by atoms with Gasteiger partial charge in [-0.2, -0.15) is 0 Å². The molecule has 2 nitrogen and oxygen atoms in total. The Labute approximate surface area is 90.9 Å². The molecule has 0 saturated carbocycles. The van der Waals surface area contributed by atoms with Crippen LogP contribution in [0.2, 0.25) is 0 Å². The fourth-order valence-electron chi connectivity index (χ4n) is 1.40. The van der Waals surface area contributed by atoms with Crippen molar-refractivity contribution in [3.63, 3.8) is 0 Å². The molecule has 0 aliphatic heterocycles. The summed E-state index contributed by atoms with van der Waals surface area (Å²) < 4.78 is 5.22. The third-order valence-corrected chi connectivity index (χ3v) is 2.22. The highest BCUT2D eigenvalue weighted by atomic mass is 16.5. The number of ether oxygens (including phenoxy) is 1. The topological polar surface area (TPSA) is 29.5 Å². The van der Waals surface area contributed by atoms with Crippen LogP contribution in [0.15, 0.2) is 18.2 Å². The predicted molar refractivity (Wildman–Crippen MR) is 60.8 cm³/mol. The normalized spacial score (nSPS) is 11.5. The summed E-state index contributed by atoms with van der Waals surface area (Å²) in [7, 11) is 1.61. The van der Waals surface area contributed by atoms with Crippen molar-refractivity contribution in [2.75, 3.05) is 7.11 Å². The van der Waals surface area contributed by atoms with Gasteiger partial charge in [-0.1, -0.05) is 12.1 Å². The molecule has 2 heteroatoms. The zero-order valence-corrected chi connectivity index (χ0v) is 9.37. The maximum Gasteiger partial charge on any atom is 0.124 e. The van der Waals surface area contributed by atoms with Crippen molar-refractivity contribution >= 4 is 0 Å². The molecule has 1 unspecified atom stereocenters. The van der Waals surface area contributed by atoms with Gasteiger partial charge in [0.2, 0.25) is 0 Å². The highest BCUT2D eigenvalue weighted by Gasteiger charge is 2.11. The van der Waals surface area contributed by atoms with Crippen LogP contribution in [0.3, 0.4) is 0 Å². The first-order valence-electron chi connectivity index (χ1n) is 4.91. The van der Waals surface area contributed by atoms with Gasteiger partial charge < -0.3 is 9.84 Å². The van der Waals surface area contributed by atoms with Gasteiger partial charge in [-0.15, -0.1) is 11.8 Å². The smallest absolute Gasteiger partial charge is 0.124 e. The van der Waals surface area contributed by atoms with E-state index in [0.717, 1.165) is 16.9 Å². The molecule has 0 bridgehead atoms. The molecule has 0 aromatic heterocycles. The van der Waals surface area contributed by atoms with Gasteiger partial charge >= 0.3 is 0 Å². The molecule has 1 rings (SSSR count). The molecule has 0 saturated heterocycles. The number of benzene rings is 1. The van der Waals surface area contributed by atoms with Crippen molar-refractivity contribution in [1.82, 2.24) is 0 Å². The summed E-state index contributed by atoms with van der Waals surface area (Å²) in [5.41, 5.74) is 1.91. The van der Waals surface area contributed by atoms with Crippen LogP contribution in [0.5, 0.6) is 5.75 Å². The van der Waals surface area contributed by atoms with Gasteiger partial charge in [0, 0.05) is 12.0 Å². The Morgan fingerprint density at radius 2 is 2.20 bits per heavy atom. The Balaban J connectivity index is 2.95. The quantitative estimate of drug-likeness (QED) is 0.766. The van der Waals surface area contributed by atoms with Gasteiger partial charge in [-0.3, -0.25) is 0 Å². The molecular formula is C13H16O2. The second-order valence-electron chi connectivity index (χ2n) is 3.39. The van der Waals surface area contributed by atoms with Crippen LogP contribution in [0.4, 0.5) is 0 Å². The van der Waals surface area contributed by atoms with E-state index in [1.807, 2.05) is 25.1 Å². The van der Waals surface area contributed by atoms with Crippen molar-refractivity contribution < 1.29 is 9.84 Å². The molecule has 1 N–H and O–H groups in total. The van der Waals surface area contributed by atoms with Crippen molar-refractivity contribution in [2.24, 2.45) is 0 Å². The van der Waals surface area contributed by atoms with Crippen LogP contribution >= 0.6 is 0 Å². The number of aliphatic hydroxyl groups excluding tert-OH is 1. The van der Waals surface area contributed by atoms with E-state index in [0.29, 0.717) is 6.42 Å². The third kappa shape index (κ3) is 3.00. The SMILES string of the molecule is CC#CCC(O)c1ccc(C)cc1OC. The molecule has 1 atom stereocenters. The highest BCUT2D eigenvalue weighted by Crippen LogP contribution is 2.27. The van der Waals surface area contributed by atoms with Gasteiger partial charge in [0.1, 0.15) is 5.75 Å². The van der Waals surface area contributed by atoms with Gasteiger partial charge in [0.15, 0.2) is 0 Å². The molecule has 0 radical (unpaired) electrons. The van der Waals surface area contributed by atoms with Crippen molar-refractivity contribution in [1.29, 1.82) is 0 Å². The number of methoxy groups -OCH3 is 1. The summed E-state index contributed by atoms with van der Waals surface area (Å²) in [5, 5.41) is 9.87. The standard InChI is InChI=1S/C13H16O2/c1-4-5-6-12(14)11-8-7-10(2)9-13(11)15-3/h7-9,12,14H,6H2,1-3H3. The number of hydrogen-bond acceptors (Lipinski definition) is 2. The second-order valence-corrected chi connectivity index (χ2v) is 3.39. The Morgan fingerprint density at radius 1 is 1.47 bits per heavy atom. The Kier molecular flexibility index (Phi) is 4.20. The minimum Gasteiger partial charge on any atom is -0.496 e. The van der Waals surface area contributed by atoms with Crippen LogP contribution in [0.25, 0.3) is 0 Å². The molecule has 15 heavy (non-hydrogen) atoms. The minimum absolute atomic E-state index is 0.440. The highest BCUT2D eigenvalue weighted by molar-refractivity contribution is 5.39. The van der Waals surface area contributed by atoms with Crippen LogP contribution < -0.4 is 4.74 Å². The van der Waals surface area contributed by atoms with Crippen molar-refractivity contribution in [2.45, 2.75) is 26.4 Å². The maximum absolute atomic E-state index is 9.87. The van der Waals surface area contributed by atoms with Crippen LogP contribution in [-0.4, -0.2) is 12.2 Å². The first kappa shape index (κ1) is 11.6. The van der Waals surface area contributed by atoms with Gasteiger partial charge in [-0.05, 0) is 25.5 Å². The van der Waals surface area contributed by atoms with E-state index in [4.69, 9.17) is 4.74 Å². The fourth-order valence-corrected chi connectivity index (χ4v) is 1.40. The number of aliphatic hydroxyl groups is 1. The molecule has 80 valence electrons. The van der Waals surface area contributed by atoms with Crippen LogP contribution in [0, 0.1) is 18.8 Å². The lowest BCUT2D eigenvalue weighted by Gasteiger charge is -2.13. The molecule has 0 heterocycles. The summed E-state index contributed by atoms with van der Waals surface area (Å²) in [4.78, 5) is 0. The Morgan fingerprint density at radius 3 is 2.80 bits per heavy atom. The molecule has 0 fully saturated rings. The molecule has 1 aromatic rings. The molecule has 1 aromatic carbocycles. The Hall–Kier alpha value is -1.46. The summed E-state index contributed by atoms with van der Waals surface area (Å²) in [6.45, 7) is 3.75.